The SMILES string of the molecule is COc1ccccc1-c1nocc1C=O. The molecule has 1 aromatic heterocycles. The highest BCUT2D eigenvalue weighted by atomic mass is 16.5. The van der Waals surface area contributed by atoms with Crippen LogP contribution in [-0.2, 0) is 0 Å². The number of rotatable bonds is 3. The minimum absolute atomic E-state index is 0.416. The van der Waals surface area contributed by atoms with Gasteiger partial charge in [-0.3, -0.25) is 4.79 Å². The van der Waals surface area contributed by atoms with Crippen LogP contribution in [0.3, 0.4) is 0 Å². The number of hydrogen-bond acceptors (Lipinski definition) is 4. The van der Waals surface area contributed by atoms with Crippen LogP contribution in [0.15, 0.2) is 35.1 Å². The molecule has 76 valence electrons. The van der Waals surface area contributed by atoms with Crippen molar-refractivity contribution in [2.75, 3.05) is 7.11 Å². The van der Waals surface area contributed by atoms with E-state index in [-0.39, 0.29) is 0 Å². The number of carbonyl (C=O) groups is 1. The number of aldehydes is 1. The normalized spacial score (nSPS) is 9.93. The molecule has 0 aliphatic heterocycles. The van der Waals surface area contributed by atoms with E-state index >= 15 is 0 Å². The van der Waals surface area contributed by atoms with Gasteiger partial charge in [0.1, 0.15) is 17.7 Å². The molecule has 4 heteroatoms. The van der Waals surface area contributed by atoms with Crippen molar-refractivity contribution in [2.24, 2.45) is 0 Å². The molecule has 0 saturated heterocycles. The summed E-state index contributed by atoms with van der Waals surface area (Å²) in [6, 6.07) is 7.33. The number of ether oxygens (including phenoxy) is 1. The monoisotopic (exact) mass is 203 g/mol. The van der Waals surface area contributed by atoms with Gasteiger partial charge in [-0.1, -0.05) is 17.3 Å². The molecule has 1 aromatic carbocycles. The second-order valence-electron chi connectivity index (χ2n) is 2.94. The van der Waals surface area contributed by atoms with Crippen molar-refractivity contribution in [3.05, 3.63) is 36.1 Å². The van der Waals surface area contributed by atoms with E-state index in [2.05, 4.69) is 5.16 Å². The smallest absolute Gasteiger partial charge is 0.155 e. The van der Waals surface area contributed by atoms with Crippen LogP contribution in [0.4, 0.5) is 0 Å². The molecule has 0 unspecified atom stereocenters. The van der Waals surface area contributed by atoms with Crippen molar-refractivity contribution in [2.45, 2.75) is 0 Å². The predicted molar refractivity (Wildman–Crippen MR) is 53.9 cm³/mol. The van der Waals surface area contributed by atoms with Crippen molar-refractivity contribution in [3.8, 4) is 17.0 Å². The summed E-state index contributed by atoms with van der Waals surface area (Å²) in [5.74, 6) is 0.662. The number of carbonyl (C=O) groups excluding carboxylic acids is 1. The fraction of sp³-hybridized carbons (Fsp3) is 0.0909. The molecule has 4 nitrogen and oxygen atoms in total. The Bertz CT molecular complexity index is 476. The summed E-state index contributed by atoms with van der Waals surface area (Å²) < 4.78 is 9.92. The molecule has 0 amide bonds. The molecule has 0 fully saturated rings. The van der Waals surface area contributed by atoms with Gasteiger partial charge >= 0.3 is 0 Å². The third-order valence-corrected chi connectivity index (χ3v) is 2.09. The van der Waals surface area contributed by atoms with Gasteiger partial charge in [0.25, 0.3) is 0 Å². The Kier molecular flexibility index (Phi) is 2.49. The van der Waals surface area contributed by atoms with E-state index in [9.17, 15) is 4.79 Å². The minimum Gasteiger partial charge on any atom is -0.496 e. The van der Waals surface area contributed by atoms with E-state index in [1.807, 2.05) is 18.2 Å². The van der Waals surface area contributed by atoms with Crippen LogP contribution in [0, 0.1) is 0 Å². The second kappa shape index (κ2) is 3.96. The number of methoxy groups -OCH3 is 1. The van der Waals surface area contributed by atoms with Gasteiger partial charge in [-0.15, -0.1) is 0 Å². The van der Waals surface area contributed by atoms with Crippen LogP contribution in [0.5, 0.6) is 5.75 Å². The molecule has 0 aliphatic carbocycles. The number of aromatic nitrogens is 1. The van der Waals surface area contributed by atoms with E-state index in [1.54, 1.807) is 13.2 Å². The first kappa shape index (κ1) is 9.45. The third-order valence-electron chi connectivity index (χ3n) is 2.09. The quantitative estimate of drug-likeness (QED) is 0.717. The summed E-state index contributed by atoms with van der Waals surface area (Å²) in [5, 5.41) is 3.78. The largest absolute Gasteiger partial charge is 0.496 e. The van der Waals surface area contributed by atoms with Gasteiger partial charge in [0.15, 0.2) is 6.29 Å². The summed E-state index contributed by atoms with van der Waals surface area (Å²) in [6.45, 7) is 0. The van der Waals surface area contributed by atoms with Gasteiger partial charge in [-0.05, 0) is 12.1 Å². The lowest BCUT2D eigenvalue weighted by molar-refractivity contribution is 0.112. The van der Waals surface area contributed by atoms with E-state index in [0.29, 0.717) is 23.3 Å². The molecule has 0 saturated carbocycles. The molecular formula is C11H9NO3. The predicted octanol–water partition coefficient (Wildman–Crippen LogP) is 2.16. The first-order valence-electron chi connectivity index (χ1n) is 4.39. The van der Waals surface area contributed by atoms with E-state index < -0.39 is 0 Å². The highest BCUT2D eigenvalue weighted by Gasteiger charge is 2.13. The van der Waals surface area contributed by atoms with Crippen LogP contribution >= 0.6 is 0 Å². The molecule has 0 radical (unpaired) electrons. The number of para-hydroxylation sites is 1. The maximum atomic E-state index is 10.7. The van der Waals surface area contributed by atoms with E-state index in [1.165, 1.54) is 6.26 Å². The fourth-order valence-corrected chi connectivity index (χ4v) is 1.37. The summed E-state index contributed by atoms with van der Waals surface area (Å²) in [7, 11) is 1.57. The number of hydrogen-bond donors (Lipinski definition) is 0. The molecule has 0 atom stereocenters. The minimum atomic E-state index is 0.416. The first-order valence-corrected chi connectivity index (χ1v) is 4.39. The Labute approximate surface area is 86.5 Å². The Morgan fingerprint density at radius 3 is 2.93 bits per heavy atom. The average molecular weight is 203 g/mol. The first-order chi connectivity index (χ1) is 7.36. The van der Waals surface area contributed by atoms with Crippen molar-refractivity contribution in [3.63, 3.8) is 0 Å². The Balaban J connectivity index is 2.58. The number of nitrogens with zero attached hydrogens (tertiary/aromatic N) is 1. The zero-order valence-electron chi connectivity index (χ0n) is 8.14. The second-order valence-corrected chi connectivity index (χ2v) is 2.94. The van der Waals surface area contributed by atoms with Crippen molar-refractivity contribution in [1.29, 1.82) is 0 Å². The molecule has 2 rings (SSSR count). The Morgan fingerprint density at radius 2 is 2.20 bits per heavy atom. The lowest BCUT2D eigenvalue weighted by Gasteiger charge is -2.04. The van der Waals surface area contributed by atoms with Crippen LogP contribution in [-0.4, -0.2) is 18.6 Å². The molecule has 1 heterocycles. The van der Waals surface area contributed by atoms with Gasteiger partial charge in [0, 0.05) is 5.56 Å². The van der Waals surface area contributed by atoms with Crippen molar-refractivity contribution >= 4 is 6.29 Å². The fourth-order valence-electron chi connectivity index (χ4n) is 1.37. The van der Waals surface area contributed by atoms with Gasteiger partial charge in [-0.2, -0.15) is 0 Å². The molecule has 0 N–H and O–H groups in total. The highest BCUT2D eigenvalue weighted by Crippen LogP contribution is 2.29. The van der Waals surface area contributed by atoms with Crippen molar-refractivity contribution < 1.29 is 14.1 Å². The molecule has 2 aromatic rings. The maximum Gasteiger partial charge on any atom is 0.155 e. The zero-order valence-corrected chi connectivity index (χ0v) is 8.14. The lowest BCUT2D eigenvalue weighted by atomic mass is 10.1. The van der Waals surface area contributed by atoms with Crippen LogP contribution in [0.1, 0.15) is 10.4 Å². The molecule has 0 bridgehead atoms. The summed E-state index contributed by atoms with van der Waals surface area (Å²) in [6.07, 6.45) is 2.02. The van der Waals surface area contributed by atoms with Gasteiger partial charge in [0.2, 0.25) is 0 Å². The molecule has 15 heavy (non-hydrogen) atoms. The zero-order chi connectivity index (χ0) is 10.7. The van der Waals surface area contributed by atoms with E-state index in [4.69, 9.17) is 9.26 Å². The van der Waals surface area contributed by atoms with Gasteiger partial charge < -0.3 is 9.26 Å². The van der Waals surface area contributed by atoms with E-state index in [0.717, 1.165) is 5.56 Å². The molecular weight excluding hydrogens is 194 g/mol. The Morgan fingerprint density at radius 1 is 1.40 bits per heavy atom. The topological polar surface area (TPSA) is 52.3 Å². The Hall–Kier alpha value is -2.10. The summed E-state index contributed by atoms with van der Waals surface area (Å²) >= 11 is 0. The van der Waals surface area contributed by atoms with Gasteiger partial charge in [0.05, 0.1) is 12.7 Å². The average Bonchev–Trinajstić information content (AvgIpc) is 2.76. The third kappa shape index (κ3) is 1.61. The summed E-state index contributed by atoms with van der Waals surface area (Å²) in [5.41, 5.74) is 1.66. The van der Waals surface area contributed by atoms with Crippen LogP contribution in [0.2, 0.25) is 0 Å². The van der Waals surface area contributed by atoms with Crippen LogP contribution in [0.25, 0.3) is 11.3 Å². The highest BCUT2D eigenvalue weighted by molar-refractivity contribution is 5.86. The van der Waals surface area contributed by atoms with Crippen molar-refractivity contribution in [1.82, 2.24) is 5.16 Å². The lowest BCUT2D eigenvalue weighted by Crippen LogP contribution is -1.89. The standard InChI is InChI=1S/C11H9NO3/c1-14-10-5-3-2-4-9(10)11-8(6-13)7-15-12-11/h2-7H,1H3. The van der Waals surface area contributed by atoms with Gasteiger partial charge in [-0.25, -0.2) is 0 Å². The molecule has 0 spiro atoms. The van der Waals surface area contributed by atoms with Crippen LogP contribution < -0.4 is 4.74 Å². The number of benzene rings is 1. The maximum absolute atomic E-state index is 10.7. The summed E-state index contributed by atoms with van der Waals surface area (Å²) in [4.78, 5) is 10.7. The molecule has 0 aliphatic rings.